The molecule has 0 spiro atoms. The van der Waals surface area contributed by atoms with Gasteiger partial charge in [0.2, 0.25) is 0 Å². The van der Waals surface area contributed by atoms with Crippen LogP contribution >= 0.6 is 0 Å². The topological polar surface area (TPSA) is 128 Å². The normalized spacial score (nSPS) is 12.4. The van der Waals surface area contributed by atoms with Crippen LogP contribution in [0.5, 0.6) is 0 Å². The maximum Gasteiger partial charge on any atom is 0.192 e. The Labute approximate surface area is 250 Å². The van der Waals surface area contributed by atoms with Crippen molar-refractivity contribution in [1.82, 2.24) is 0 Å². The van der Waals surface area contributed by atoms with Gasteiger partial charge in [-0.2, -0.15) is 0 Å². The summed E-state index contributed by atoms with van der Waals surface area (Å²) in [6.07, 6.45) is 0. The zero-order valence-electron chi connectivity index (χ0n) is 26.6. The minimum atomic E-state index is -1.69. The molecule has 0 aliphatic carbocycles. The average molecular weight is 616 g/mol. The van der Waals surface area contributed by atoms with Crippen LogP contribution in [0, 0.1) is 0 Å². The fourth-order valence-corrected chi connectivity index (χ4v) is 3.76. The smallest absolute Gasteiger partial charge is 0.192 e. The van der Waals surface area contributed by atoms with Crippen molar-refractivity contribution >= 4 is 8.32 Å². The summed E-state index contributed by atoms with van der Waals surface area (Å²) in [5.41, 5.74) is 5.33. The molecule has 0 radical (unpaired) electrons. The first-order valence-corrected chi connectivity index (χ1v) is 17.8. The van der Waals surface area contributed by atoms with Crippen molar-refractivity contribution in [2.45, 2.75) is 38.9 Å². The largest absolute Gasteiger partial charge is 0.414 e. The Hall–Kier alpha value is -0.263. The van der Waals surface area contributed by atoms with E-state index in [-0.39, 0.29) is 5.04 Å². The van der Waals surface area contributed by atoms with Crippen molar-refractivity contribution < 1.29 is 51.8 Å². The Morgan fingerprint density at radius 2 is 0.561 bits per heavy atom. The molecule has 41 heavy (non-hydrogen) atoms. The number of rotatable bonds is 33. The van der Waals surface area contributed by atoms with Crippen molar-refractivity contribution in [2.75, 3.05) is 145 Å². The summed E-state index contributed by atoms with van der Waals surface area (Å²) in [6, 6.07) is 0. The predicted molar refractivity (Wildman–Crippen MR) is 160 cm³/mol. The van der Waals surface area contributed by atoms with Gasteiger partial charge in [-0.05, 0) is 18.1 Å². The zero-order chi connectivity index (χ0) is 30.3. The first kappa shape index (κ1) is 40.7. The van der Waals surface area contributed by atoms with Gasteiger partial charge >= 0.3 is 0 Å². The van der Waals surface area contributed by atoms with Crippen LogP contribution in [0.4, 0.5) is 0 Å². The Morgan fingerprint density at radius 3 is 0.756 bits per heavy atom. The molecular formula is C28H61NO11Si. The molecular weight excluding hydrogens is 554 g/mol. The predicted octanol–water partition coefficient (Wildman–Crippen LogP) is 2.13. The molecule has 0 bridgehead atoms. The highest BCUT2D eigenvalue weighted by Gasteiger charge is 2.36. The van der Waals surface area contributed by atoms with Crippen molar-refractivity contribution in [1.29, 1.82) is 0 Å². The lowest BCUT2D eigenvalue weighted by molar-refractivity contribution is -0.0266. The van der Waals surface area contributed by atoms with Gasteiger partial charge < -0.3 is 57.5 Å². The maximum absolute atomic E-state index is 6.07. The third-order valence-electron chi connectivity index (χ3n) is 6.11. The van der Waals surface area contributed by atoms with Gasteiger partial charge in [-0.1, -0.05) is 20.8 Å². The highest BCUT2D eigenvalue weighted by Crippen LogP contribution is 2.36. The molecule has 0 fully saturated rings. The standard InChI is InChI=1S/C28H61NO11Si/c1-28(2,3)41(4,5)40-27-26-39-25-24-38-23-22-37-21-20-36-19-18-35-17-16-34-15-14-33-13-12-32-11-10-31-9-8-30-7-6-29/h6-27,29H2,1-5H3. The summed E-state index contributed by atoms with van der Waals surface area (Å²) in [4.78, 5) is 0. The van der Waals surface area contributed by atoms with E-state index in [1.165, 1.54) is 0 Å². The summed E-state index contributed by atoms with van der Waals surface area (Å²) in [6.45, 7) is 23.1. The van der Waals surface area contributed by atoms with E-state index in [2.05, 4.69) is 33.9 Å². The van der Waals surface area contributed by atoms with E-state index in [1.54, 1.807) is 0 Å². The summed E-state index contributed by atoms with van der Waals surface area (Å²) in [5, 5.41) is 0.220. The summed E-state index contributed by atoms with van der Waals surface area (Å²) < 4.78 is 60.5. The lowest BCUT2D eigenvalue weighted by atomic mass is 10.2. The molecule has 0 unspecified atom stereocenters. The molecule has 0 atom stereocenters. The molecule has 13 heteroatoms. The summed E-state index contributed by atoms with van der Waals surface area (Å²) >= 11 is 0. The van der Waals surface area contributed by atoms with E-state index in [1.807, 2.05) is 0 Å². The molecule has 0 aliphatic heterocycles. The molecule has 0 aliphatic rings. The highest BCUT2D eigenvalue weighted by molar-refractivity contribution is 6.74. The number of hydrogen-bond acceptors (Lipinski definition) is 12. The van der Waals surface area contributed by atoms with Crippen molar-refractivity contribution in [2.24, 2.45) is 5.73 Å². The third kappa shape index (κ3) is 29.6. The highest BCUT2D eigenvalue weighted by atomic mass is 28.4. The summed E-state index contributed by atoms with van der Waals surface area (Å²) in [5.74, 6) is 0. The second-order valence-electron chi connectivity index (χ2n) is 10.5. The van der Waals surface area contributed by atoms with Gasteiger partial charge in [0.15, 0.2) is 8.32 Å². The molecule has 0 saturated heterocycles. The van der Waals surface area contributed by atoms with E-state index >= 15 is 0 Å². The molecule has 0 aromatic rings. The fourth-order valence-electron chi connectivity index (χ4n) is 2.74. The van der Waals surface area contributed by atoms with E-state index in [4.69, 9.17) is 57.5 Å². The third-order valence-corrected chi connectivity index (χ3v) is 10.6. The molecule has 0 aromatic heterocycles. The van der Waals surface area contributed by atoms with Gasteiger partial charge in [-0.3, -0.25) is 0 Å². The Balaban J connectivity index is 3.12. The van der Waals surface area contributed by atoms with E-state index < -0.39 is 8.32 Å². The number of nitrogens with two attached hydrogens (primary N) is 1. The molecule has 2 N–H and O–H groups in total. The number of hydrogen-bond donors (Lipinski definition) is 1. The van der Waals surface area contributed by atoms with Crippen molar-refractivity contribution in [3.63, 3.8) is 0 Å². The molecule has 0 rings (SSSR count). The van der Waals surface area contributed by atoms with Crippen molar-refractivity contribution in [3.05, 3.63) is 0 Å². The van der Waals surface area contributed by atoms with Gasteiger partial charge in [0.05, 0.1) is 139 Å². The van der Waals surface area contributed by atoms with Gasteiger partial charge in [0.1, 0.15) is 0 Å². The molecule has 0 aromatic carbocycles. The van der Waals surface area contributed by atoms with E-state index in [9.17, 15) is 0 Å². The van der Waals surface area contributed by atoms with Gasteiger partial charge in [0.25, 0.3) is 0 Å². The second kappa shape index (κ2) is 29.8. The quantitative estimate of drug-likeness (QED) is 0.0858. The Bertz CT molecular complexity index is 528. The number of ether oxygens (including phenoxy) is 10. The second-order valence-corrected chi connectivity index (χ2v) is 15.3. The van der Waals surface area contributed by atoms with Crippen molar-refractivity contribution in [3.8, 4) is 0 Å². The molecule has 248 valence electrons. The fraction of sp³-hybridized carbons (Fsp3) is 1.00. The van der Waals surface area contributed by atoms with Crippen LogP contribution in [0.2, 0.25) is 18.1 Å². The molecule has 0 heterocycles. The van der Waals surface area contributed by atoms with Crippen LogP contribution < -0.4 is 5.73 Å². The minimum Gasteiger partial charge on any atom is -0.414 e. The van der Waals surface area contributed by atoms with Crippen LogP contribution in [0.25, 0.3) is 0 Å². The van der Waals surface area contributed by atoms with Gasteiger partial charge in [-0.15, -0.1) is 0 Å². The Kier molecular flexibility index (Phi) is 29.6. The zero-order valence-corrected chi connectivity index (χ0v) is 27.6. The van der Waals surface area contributed by atoms with Crippen LogP contribution in [-0.4, -0.2) is 154 Å². The molecule has 0 saturated carbocycles. The van der Waals surface area contributed by atoms with Crippen LogP contribution in [0.1, 0.15) is 20.8 Å². The monoisotopic (exact) mass is 615 g/mol. The van der Waals surface area contributed by atoms with E-state index in [0.717, 1.165) is 0 Å². The minimum absolute atomic E-state index is 0.220. The van der Waals surface area contributed by atoms with Gasteiger partial charge in [0, 0.05) is 6.54 Å². The lowest BCUT2D eigenvalue weighted by Crippen LogP contribution is -2.41. The van der Waals surface area contributed by atoms with E-state index in [0.29, 0.717) is 145 Å². The Morgan fingerprint density at radius 1 is 0.366 bits per heavy atom. The first-order valence-electron chi connectivity index (χ1n) is 14.9. The molecule has 12 nitrogen and oxygen atoms in total. The summed E-state index contributed by atoms with van der Waals surface area (Å²) in [7, 11) is -1.69. The maximum atomic E-state index is 6.07. The SMILES string of the molecule is CC(C)(C)[Si](C)(C)OCCOCCOCCOCCOCCOCCOCCOCCOCCOCCOCCN. The first-order chi connectivity index (χ1) is 19.8. The molecule has 0 amide bonds. The van der Waals surface area contributed by atoms with Crippen LogP contribution in [0.3, 0.4) is 0 Å². The van der Waals surface area contributed by atoms with Crippen LogP contribution in [0.15, 0.2) is 0 Å². The van der Waals surface area contributed by atoms with Gasteiger partial charge in [-0.25, -0.2) is 0 Å². The van der Waals surface area contributed by atoms with Crippen LogP contribution in [-0.2, 0) is 51.8 Å². The lowest BCUT2D eigenvalue weighted by Gasteiger charge is -2.36. The average Bonchev–Trinajstić information content (AvgIpc) is 2.93.